The molecule has 0 radical (unpaired) electrons. The van der Waals surface area contributed by atoms with E-state index >= 15 is 0 Å². The zero-order valence-electron chi connectivity index (χ0n) is 15.4. The topological polar surface area (TPSA) is 64.6 Å². The number of alkyl halides is 3. The summed E-state index contributed by atoms with van der Waals surface area (Å²) in [5, 5.41) is 2.61. The second-order valence-corrected chi connectivity index (χ2v) is 5.99. The molecule has 0 saturated carbocycles. The first-order valence-corrected chi connectivity index (χ1v) is 8.58. The van der Waals surface area contributed by atoms with E-state index in [0.29, 0.717) is 5.69 Å². The molecule has 1 N–H and O–H groups in total. The molecule has 2 rings (SSSR count). The van der Waals surface area contributed by atoms with Gasteiger partial charge in [-0.2, -0.15) is 13.2 Å². The third kappa shape index (κ3) is 6.29. The Morgan fingerprint density at radius 1 is 1.11 bits per heavy atom. The zero-order valence-corrected chi connectivity index (χ0v) is 15.4. The van der Waals surface area contributed by atoms with Gasteiger partial charge >= 0.3 is 12.1 Å². The summed E-state index contributed by atoms with van der Waals surface area (Å²) < 4.78 is 47.9. The molecule has 5 nitrogen and oxygen atoms in total. The van der Waals surface area contributed by atoms with Crippen LogP contribution in [0, 0.1) is 0 Å². The molecule has 0 aliphatic rings. The van der Waals surface area contributed by atoms with Gasteiger partial charge in [-0.25, -0.2) is 4.79 Å². The highest BCUT2D eigenvalue weighted by Gasteiger charge is 2.30. The number of benzene rings is 2. The summed E-state index contributed by atoms with van der Waals surface area (Å²) in [6.07, 6.45) is -4.74. The molecule has 28 heavy (non-hydrogen) atoms. The monoisotopic (exact) mass is 395 g/mol. The van der Waals surface area contributed by atoms with Crippen molar-refractivity contribution in [1.82, 2.24) is 0 Å². The first-order chi connectivity index (χ1) is 13.2. The highest BCUT2D eigenvalue weighted by atomic mass is 19.4. The summed E-state index contributed by atoms with van der Waals surface area (Å²) >= 11 is 0. The van der Waals surface area contributed by atoms with Crippen LogP contribution in [0.15, 0.2) is 48.5 Å². The minimum absolute atomic E-state index is 0.125. The van der Waals surface area contributed by atoms with E-state index < -0.39 is 36.3 Å². The lowest BCUT2D eigenvalue weighted by Crippen LogP contribution is -2.31. The average molecular weight is 395 g/mol. The van der Waals surface area contributed by atoms with Crippen molar-refractivity contribution < 1.29 is 32.2 Å². The van der Waals surface area contributed by atoms with E-state index in [1.807, 2.05) is 19.1 Å². The molecular formula is C20H20F3NO4. The van der Waals surface area contributed by atoms with Crippen LogP contribution in [-0.4, -0.2) is 24.6 Å². The van der Waals surface area contributed by atoms with E-state index in [1.165, 1.54) is 19.1 Å². The third-order valence-electron chi connectivity index (χ3n) is 3.83. The molecule has 8 heteroatoms. The van der Waals surface area contributed by atoms with Crippen LogP contribution in [0.5, 0.6) is 5.75 Å². The van der Waals surface area contributed by atoms with Crippen molar-refractivity contribution in [3.8, 4) is 5.75 Å². The maximum Gasteiger partial charge on any atom is 0.416 e. The number of nitrogens with one attached hydrogen (secondary N) is 1. The van der Waals surface area contributed by atoms with E-state index in [0.717, 1.165) is 24.1 Å². The number of carbonyl (C=O) groups excluding carboxylic acids is 2. The first-order valence-electron chi connectivity index (χ1n) is 8.58. The second-order valence-electron chi connectivity index (χ2n) is 5.99. The largest absolute Gasteiger partial charge is 0.482 e. The molecule has 0 unspecified atom stereocenters. The fourth-order valence-corrected chi connectivity index (χ4v) is 2.26. The van der Waals surface area contributed by atoms with Gasteiger partial charge in [-0.15, -0.1) is 0 Å². The Bertz CT molecular complexity index is 819. The number of hydrogen-bond donors (Lipinski definition) is 1. The van der Waals surface area contributed by atoms with Crippen LogP contribution in [0.3, 0.4) is 0 Å². The Labute approximate surface area is 160 Å². The molecule has 0 saturated heterocycles. The minimum Gasteiger partial charge on any atom is -0.482 e. The van der Waals surface area contributed by atoms with Gasteiger partial charge in [0.15, 0.2) is 12.7 Å². The van der Waals surface area contributed by atoms with Crippen molar-refractivity contribution in [2.75, 3.05) is 11.9 Å². The van der Waals surface area contributed by atoms with Crippen LogP contribution in [-0.2, 0) is 26.9 Å². The SMILES string of the molecule is CCc1ccc(NC(=O)[C@@H](C)OC(=O)COc2cccc(C(F)(F)F)c2)cc1. The van der Waals surface area contributed by atoms with Crippen molar-refractivity contribution >= 4 is 17.6 Å². The lowest BCUT2D eigenvalue weighted by Gasteiger charge is -2.14. The Morgan fingerprint density at radius 3 is 2.39 bits per heavy atom. The maximum absolute atomic E-state index is 12.7. The van der Waals surface area contributed by atoms with Gasteiger partial charge < -0.3 is 14.8 Å². The van der Waals surface area contributed by atoms with Crippen molar-refractivity contribution in [3.63, 3.8) is 0 Å². The molecular weight excluding hydrogens is 375 g/mol. The molecule has 1 atom stereocenters. The van der Waals surface area contributed by atoms with E-state index in [1.54, 1.807) is 12.1 Å². The fraction of sp³-hybridized carbons (Fsp3) is 0.300. The van der Waals surface area contributed by atoms with Gasteiger partial charge in [-0.3, -0.25) is 4.79 Å². The standard InChI is InChI=1S/C20H20F3NO4/c1-3-14-7-9-16(10-8-14)24-19(26)13(2)28-18(25)12-27-17-6-4-5-15(11-17)20(21,22)23/h4-11,13H,3,12H2,1-2H3,(H,24,26)/t13-/m1/s1. The molecule has 0 aliphatic carbocycles. The van der Waals surface area contributed by atoms with Gasteiger partial charge in [-0.05, 0) is 49.2 Å². The van der Waals surface area contributed by atoms with Crippen LogP contribution < -0.4 is 10.1 Å². The number of amides is 1. The Balaban J connectivity index is 1.84. The Hall–Kier alpha value is -3.03. The molecule has 0 bridgehead atoms. The number of ether oxygens (including phenoxy) is 2. The number of anilines is 1. The zero-order chi connectivity index (χ0) is 20.7. The fourth-order valence-electron chi connectivity index (χ4n) is 2.26. The predicted molar refractivity (Wildman–Crippen MR) is 96.9 cm³/mol. The van der Waals surface area contributed by atoms with E-state index in [4.69, 9.17) is 9.47 Å². The van der Waals surface area contributed by atoms with Gasteiger partial charge in [0.1, 0.15) is 5.75 Å². The molecule has 2 aromatic rings. The third-order valence-corrected chi connectivity index (χ3v) is 3.83. The Kier molecular flexibility index (Phi) is 7.03. The summed E-state index contributed by atoms with van der Waals surface area (Å²) in [5.41, 5.74) is 0.787. The van der Waals surface area contributed by atoms with Gasteiger partial charge in [0.2, 0.25) is 0 Å². The maximum atomic E-state index is 12.7. The van der Waals surface area contributed by atoms with E-state index in [2.05, 4.69) is 5.32 Å². The molecule has 1 amide bonds. The summed E-state index contributed by atoms with van der Waals surface area (Å²) in [5.74, 6) is -1.53. The van der Waals surface area contributed by atoms with Crippen molar-refractivity contribution in [3.05, 3.63) is 59.7 Å². The van der Waals surface area contributed by atoms with Gasteiger partial charge in [0.25, 0.3) is 5.91 Å². The normalized spacial score (nSPS) is 12.2. The summed E-state index contributed by atoms with van der Waals surface area (Å²) in [7, 11) is 0. The highest BCUT2D eigenvalue weighted by molar-refractivity contribution is 5.95. The molecule has 0 heterocycles. The highest BCUT2D eigenvalue weighted by Crippen LogP contribution is 2.31. The number of esters is 1. The van der Waals surface area contributed by atoms with Crippen molar-refractivity contribution in [2.24, 2.45) is 0 Å². The van der Waals surface area contributed by atoms with Crippen LogP contribution in [0.1, 0.15) is 25.0 Å². The van der Waals surface area contributed by atoms with Gasteiger partial charge in [0, 0.05) is 5.69 Å². The second kappa shape index (κ2) is 9.25. The van der Waals surface area contributed by atoms with Crippen LogP contribution >= 0.6 is 0 Å². The minimum atomic E-state index is -4.51. The number of halogens is 3. The quantitative estimate of drug-likeness (QED) is 0.713. The van der Waals surface area contributed by atoms with Crippen molar-refractivity contribution in [1.29, 1.82) is 0 Å². The lowest BCUT2D eigenvalue weighted by molar-refractivity contribution is -0.155. The van der Waals surface area contributed by atoms with Gasteiger partial charge in [0.05, 0.1) is 5.56 Å². The molecule has 0 aromatic heterocycles. The molecule has 0 fully saturated rings. The predicted octanol–water partition coefficient (Wildman–Crippen LogP) is 4.22. The molecule has 150 valence electrons. The first kappa shape index (κ1) is 21.3. The summed E-state index contributed by atoms with van der Waals surface area (Å²) in [4.78, 5) is 23.9. The number of hydrogen-bond acceptors (Lipinski definition) is 4. The van der Waals surface area contributed by atoms with Crippen molar-refractivity contribution in [2.45, 2.75) is 32.5 Å². The molecule has 2 aromatic carbocycles. The van der Waals surface area contributed by atoms with Gasteiger partial charge in [-0.1, -0.05) is 25.1 Å². The average Bonchev–Trinajstić information content (AvgIpc) is 2.66. The summed E-state index contributed by atoms with van der Waals surface area (Å²) in [6, 6.07) is 11.4. The number of rotatable bonds is 7. The smallest absolute Gasteiger partial charge is 0.416 e. The van der Waals surface area contributed by atoms with Crippen LogP contribution in [0.2, 0.25) is 0 Å². The van der Waals surface area contributed by atoms with E-state index in [9.17, 15) is 22.8 Å². The molecule has 0 aliphatic heterocycles. The summed E-state index contributed by atoms with van der Waals surface area (Å²) in [6.45, 7) is 2.78. The molecule has 0 spiro atoms. The van der Waals surface area contributed by atoms with E-state index in [-0.39, 0.29) is 5.75 Å². The number of aryl methyl sites for hydroxylation is 1. The lowest BCUT2D eigenvalue weighted by atomic mass is 10.1. The van der Waals surface area contributed by atoms with Crippen LogP contribution in [0.4, 0.5) is 18.9 Å². The Morgan fingerprint density at radius 2 is 1.79 bits per heavy atom. The van der Waals surface area contributed by atoms with Crippen LogP contribution in [0.25, 0.3) is 0 Å². The number of carbonyl (C=O) groups is 2.